The third kappa shape index (κ3) is 5.10. The van der Waals surface area contributed by atoms with E-state index in [4.69, 9.17) is 0 Å². The monoisotopic (exact) mass is 364 g/mol. The lowest BCUT2D eigenvalue weighted by atomic mass is 10.1. The van der Waals surface area contributed by atoms with E-state index in [9.17, 15) is 9.18 Å². The zero-order valence-electron chi connectivity index (χ0n) is 15.3. The quantitative estimate of drug-likeness (QED) is 0.695. The van der Waals surface area contributed by atoms with E-state index in [0.717, 1.165) is 22.4 Å². The van der Waals surface area contributed by atoms with Gasteiger partial charge >= 0.3 is 0 Å². The molecule has 0 fully saturated rings. The van der Waals surface area contributed by atoms with Gasteiger partial charge in [-0.1, -0.05) is 24.3 Å². The van der Waals surface area contributed by atoms with Gasteiger partial charge in [0, 0.05) is 18.3 Å². The normalized spacial score (nSPS) is 10.5. The Labute approximate surface area is 157 Å². The molecule has 0 unspecified atom stereocenters. The highest BCUT2D eigenvalue weighted by molar-refractivity contribution is 5.93. The molecule has 3 rings (SSSR count). The molecule has 1 aromatic heterocycles. The van der Waals surface area contributed by atoms with Crippen molar-refractivity contribution in [1.82, 2.24) is 15.3 Å². The van der Waals surface area contributed by atoms with Crippen LogP contribution in [0.5, 0.6) is 0 Å². The first-order valence-corrected chi connectivity index (χ1v) is 8.70. The van der Waals surface area contributed by atoms with Crippen LogP contribution >= 0.6 is 0 Å². The van der Waals surface area contributed by atoms with Gasteiger partial charge in [0.1, 0.15) is 23.7 Å². The van der Waals surface area contributed by atoms with Crippen molar-refractivity contribution in [1.29, 1.82) is 0 Å². The molecule has 0 radical (unpaired) electrons. The maximum atomic E-state index is 12.9. The number of hydrogen-bond donors (Lipinski definition) is 2. The maximum Gasteiger partial charge on any atom is 0.270 e. The Balaban J connectivity index is 1.61. The van der Waals surface area contributed by atoms with Crippen molar-refractivity contribution >= 4 is 17.4 Å². The molecular formula is C21H21FN4O. The van der Waals surface area contributed by atoms with Crippen molar-refractivity contribution < 1.29 is 9.18 Å². The van der Waals surface area contributed by atoms with Crippen LogP contribution in [0.1, 0.15) is 27.2 Å². The molecule has 0 saturated heterocycles. The highest BCUT2D eigenvalue weighted by Gasteiger charge is 2.09. The molecule has 0 spiro atoms. The Hall–Kier alpha value is -3.28. The summed E-state index contributed by atoms with van der Waals surface area (Å²) in [6, 6.07) is 14.0. The summed E-state index contributed by atoms with van der Waals surface area (Å²) in [5.41, 5.74) is 4.41. The van der Waals surface area contributed by atoms with E-state index in [-0.39, 0.29) is 17.4 Å². The van der Waals surface area contributed by atoms with Gasteiger partial charge in [-0.25, -0.2) is 14.4 Å². The minimum absolute atomic E-state index is 0.271. The van der Waals surface area contributed by atoms with E-state index >= 15 is 0 Å². The predicted octanol–water partition coefficient (Wildman–Crippen LogP) is 3.95. The van der Waals surface area contributed by atoms with Crippen molar-refractivity contribution in [2.24, 2.45) is 0 Å². The van der Waals surface area contributed by atoms with Crippen LogP contribution in [-0.4, -0.2) is 22.4 Å². The summed E-state index contributed by atoms with van der Waals surface area (Å²) >= 11 is 0. The molecule has 0 atom stereocenters. The lowest BCUT2D eigenvalue weighted by Crippen LogP contribution is -2.26. The largest absolute Gasteiger partial charge is 0.350 e. The number of aryl methyl sites for hydroxylation is 2. The van der Waals surface area contributed by atoms with Gasteiger partial charge in [-0.15, -0.1) is 0 Å². The summed E-state index contributed by atoms with van der Waals surface area (Å²) in [5.74, 6) is 0.0126. The summed E-state index contributed by atoms with van der Waals surface area (Å²) < 4.78 is 12.9. The molecule has 1 amide bonds. The van der Waals surface area contributed by atoms with Gasteiger partial charge in [-0.2, -0.15) is 0 Å². The van der Waals surface area contributed by atoms with Gasteiger partial charge in [-0.05, 0) is 55.2 Å². The molecule has 1 heterocycles. The number of nitrogens with zero attached hydrogens (tertiary/aromatic N) is 2. The highest BCUT2D eigenvalue weighted by Crippen LogP contribution is 2.20. The van der Waals surface area contributed by atoms with Crippen LogP contribution in [-0.2, 0) is 6.42 Å². The average molecular weight is 364 g/mol. The van der Waals surface area contributed by atoms with Crippen molar-refractivity contribution in [3.63, 3.8) is 0 Å². The number of carbonyl (C=O) groups is 1. The number of benzene rings is 2. The van der Waals surface area contributed by atoms with E-state index in [1.165, 1.54) is 18.5 Å². The fraction of sp³-hybridized carbons (Fsp3) is 0.190. The zero-order chi connectivity index (χ0) is 19.2. The lowest BCUT2D eigenvalue weighted by Gasteiger charge is -2.10. The maximum absolute atomic E-state index is 12.9. The Morgan fingerprint density at radius 3 is 2.59 bits per heavy atom. The number of halogens is 1. The van der Waals surface area contributed by atoms with Gasteiger partial charge in [0.15, 0.2) is 0 Å². The smallest absolute Gasteiger partial charge is 0.270 e. The zero-order valence-corrected chi connectivity index (χ0v) is 15.3. The van der Waals surface area contributed by atoms with E-state index in [1.807, 2.05) is 32.0 Å². The first-order chi connectivity index (χ1) is 13.0. The van der Waals surface area contributed by atoms with Crippen LogP contribution in [0, 0.1) is 19.7 Å². The van der Waals surface area contributed by atoms with Gasteiger partial charge < -0.3 is 10.6 Å². The van der Waals surface area contributed by atoms with Crippen LogP contribution in [0.3, 0.4) is 0 Å². The number of aromatic nitrogens is 2. The number of carbonyl (C=O) groups excluding carboxylic acids is 1. The molecule has 0 saturated carbocycles. The Bertz CT molecular complexity index is 941. The van der Waals surface area contributed by atoms with Gasteiger partial charge in [-0.3, -0.25) is 4.79 Å². The second-order valence-electron chi connectivity index (χ2n) is 6.36. The molecule has 138 valence electrons. The number of hydrogen-bond acceptors (Lipinski definition) is 4. The molecule has 3 aromatic rings. The second-order valence-corrected chi connectivity index (χ2v) is 6.36. The van der Waals surface area contributed by atoms with Gasteiger partial charge in [0.2, 0.25) is 0 Å². The molecule has 27 heavy (non-hydrogen) atoms. The van der Waals surface area contributed by atoms with Crippen LogP contribution < -0.4 is 10.6 Å². The molecular weight excluding hydrogens is 343 g/mol. The number of amides is 1. The number of rotatable bonds is 6. The summed E-state index contributed by atoms with van der Waals surface area (Å²) in [6.07, 6.45) is 1.98. The Morgan fingerprint density at radius 1 is 1.04 bits per heavy atom. The molecule has 0 aliphatic carbocycles. The molecule has 5 nitrogen and oxygen atoms in total. The number of anilines is 2. The third-order valence-corrected chi connectivity index (χ3v) is 4.17. The molecule has 2 N–H and O–H groups in total. The Morgan fingerprint density at radius 2 is 1.81 bits per heavy atom. The Kier molecular flexibility index (Phi) is 5.76. The molecule has 2 aromatic carbocycles. The van der Waals surface area contributed by atoms with Gasteiger partial charge in [0.05, 0.1) is 0 Å². The van der Waals surface area contributed by atoms with Crippen LogP contribution in [0.15, 0.2) is 54.9 Å². The fourth-order valence-corrected chi connectivity index (χ4v) is 2.62. The van der Waals surface area contributed by atoms with Crippen molar-refractivity contribution in [2.75, 3.05) is 11.9 Å². The molecule has 0 bridgehead atoms. The van der Waals surface area contributed by atoms with Crippen LogP contribution in [0.2, 0.25) is 0 Å². The summed E-state index contributed by atoms with van der Waals surface area (Å²) in [5, 5.41) is 6.05. The predicted molar refractivity (Wildman–Crippen MR) is 104 cm³/mol. The average Bonchev–Trinajstić information content (AvgIpc) is 2.66. The van der Waals surface area contributed by atoms with Crippen molar-refractivity contribution in [2.45, 2.75) is 20.3 Å². The van der Waals surface area contributed by atoms with E-state index in [1.54, 1.807) is 18.2 Å². The molecule has 0 aliphatic heterocycles. The third-order valence-electron chi connectivity index (χ3n) is 4.17. The summed E-state index contributed by atoms with van der Waals surface area (Å²) in [7, 11) is 0. The van der Waals surface area contributed by atoms with Crippen molar-refractivity contribution in [3.8, 4) is 0 Å². The van der Waals surface area contributed by atoms with Crippen LogP contribution in [0.4, 0.5) is 15.9 Å². The second kappa shape index (κ2) is 8.40. The first kappa shape index (κ1) is 18.5. The van der Waals surface area contributed by atoms with E-state index < -0.39 is 0 Å². The minimum atomic E-state index is -0.275. The highest BCUT2D eigenvalue weighted by atomic mass is 19.1. The van der Waals surface area contributed by atoms with Gasteiger partial charge in [0.25, 0.3) is 5.91 Å². The standard InChI is InChI=1S/C21H21FN4O/c1-14-3-4-15(2)18(11-14)26-20-12-19(24-13-25-20)21(27)23-10-9-16-5-7-17(22)8-6-16/h3-8,11-13H,9-10H2,1-2H3,(H,23,27)(H,24,25,26). The molecule has 0 aliphatic rings. The molecule has 6 heteroatoms. The summed E-state index contributed by atoms with van der Waals surface area (Å²) in [4.78, 5) is 20.6. The summed E-state index contributed by atoms with van der Waals surface area (Å²) in [6.45, 7) is 4.46. The number of nitrogens with one attached hydrogen (secondary N) is 2. The first-order valence-electron chi connectivity index (χ1n) is 8.70. The lowest BCUT2D eigenvalue weighted by molar-refractivity contribution is 0.0949. The van der Waals surface area contributed by atoms with E-state index in [2.05, 4.69) is 20.6 Å². The van der Waals surface area contributed by atoms with E-state index in [0.29, 0.717) is 18.8 Å². The van der Waals surface area contributed by atoms with Crippen LogP contribution in [0.25, 0.3) is 0 Å². The minimum Gasteiger partial charge on any atom is -0.350 e. The topological polar surface area (TPSA) is 66.9 Å². The SMILES string of the molecule is Cc1ccc(C)c(Nc2cc(C(=O)NCCc3ccc(F)cc3)ncn2)c1. The fourth-order valence-electron chi connectivity index (χ4n) is 2.62. The van der Waals surface area contributed by atoms with Crippen molar-refractivity contribution in [3.05, 3.63) is 83.1 Å².